The predicted molar refractivity (Wildman–Crippen MR) is 85.5 cm³/mol. The maximum Gasteiger partial charge on any atom is 0.258 e. The minimum absolute atomic E-state index is 0.116. The maximum absolute atomic E-state index is 12.8. The third-order valence-electron chi connectivity index (χ3n) is 3.40. The van der Waals surface area contributed by atoms with Crippen molar-refractivity contribution in [3.05, 3.63) is 72.2 Å². The fraction of sp³-hybridized carbons (Fsp3) is 0.111. The summed E-state index contributed by atoms with van der Waals surface area (Å²) in [5.74, 6) is -0.127. The van der Waals surface area contributed by atoms with E-state index in [1.54, 1.807) is 6.20 Å². The van der Waals surface area contributed by atoms with Gasteiger partial charge in [-0.3, -0.25) is 9.78 Å². The Labute approximate surface area is 132 Å². The number of benzene rings is 2. The zero-order chi connectivity index (χ0) is 16.1. The van der Waals surface area contributed by atoms with Crippen LogP contribution in [0.4, 0.5) is 4.39 Å². The number of hydrogen-bond donors (Lipinski definition) is 1. The summed E-state index contributed by atoms with van der Waals surface area (Å²) < 4.78 is 18.1. The first-order valence-electron chi connectivity index (χ1n) is 7.20. The van der Waals surface area contributed by atoms with Crippen LogP contribution in [0.1, 0.15) is 5.56 Å². The fourth-order valence-electron chi connectivity index (χ4n) is 2.23. The predicted octanol–water partition coefficient (Wildman–Crippen LogP) is 3.07. The second-order valence-corrected chi connectivity index (χ2v) is 5.01. The van der Waals surface area contributed by atoms with Crippen molar-refractivity contribution >= 4 is 16.8 Å². The number of amides is 1. The number of halogens is 1. The van der Waals surface area contributed by atoms with Gasteiger partial charge in [0.15, 0.2) is 6.61 Å². The summed E-state index contributed by atoms with van der Waals surface area (Å²) in [7, 11) is 0. The molecule has 2 aromatic carbocycles. The lowest BCUT2D eigenvalue weighted by molar-refractivity contribution is -0.123. The summed E-state index contributed by atoms with van der Waals surface area (Å²) in [6, 6.07) is 15.2. The third-order valence-corrected chi connectivity index (χ3v) is 3.40. The van der Waals surface area contributed by atoms with Crippen molar-refractivity contribution in [2.24, 2.45) is 0 Å². The number of nitrogens with zero attached hydrogens (tertiary/aromatic N) is 1. The molecule has 3 rings (SSSR count). The number of ether oxygens (including phenoxy) is 1. The van der Waals surface area contributed by atoms with E-state index in [4.69, 9.17) is 4.74 Å². The van der Waals surface area contributed by atoms with Gasteiger partial charge in [0, 0.05) is 18.1 Å². The third kappa shape index (κ3) is 3.83. The zero-order valence-corrected chi connectivity index (χ0v) is 12.3. The minimum Gasteiger partial charge on any atom is -0.484 e. The molecule has 0 atom stereocenters. The van der Waals surface area contributed by atoms with Crippen molar-refractivity contribution in [1.82, 2.24) is 10.3 Å². The number of pyridine rings is 1. The van der Waals surface area contributed by atoms with E-state index in [1.165, 1.54) is 24.3 Å². The molecule has 1 N–H and O–H groups in total. The number of hydrogen-bond acceptors (Lipinski definition) is 3. The van der Waals surface area contributed by atoms with Crippen molar-refractivity contribution in [2.75, 3.05) is 6.61 Å². The smallest absolute Gasteiger partial charge is 0.258 e. The van der Waals surface area contributed by atoms with E-state index in [0.717, 1.165) is 16.5 Å². The molecule has 23 heavy (non-hydrogen) atoms. The Balaban J connectivity index is 1.57. The van der Waals surface area contributed by atoms with Crippen molar-refractivity contribution in [3.8, 4) is 5.75 Å². The number of aromatic nitrogens is 1. The van der Waals surface area contributed by atoms with Gasteiger partial charge in [-0.25, -0.2) is 4.39 Å². The molecule has 1 heterocycles. The van der Waals surface area contributed by atoms with E-state index in [9.17, 15) is 9.18 Å². The summed E-state index contributed by atoms with van der Waals surface area (Å²) in [4.78, 5) is 16.2. The van der Waals surface area contributed by atoms with Gasteiger partial charge in [0.05, 0.1) is 5.52 Å². The molecule has 0 spiro atoms. The number of carbonyl (C=O) groups is 1. The first kappa shape index (κ1) is 15.0. The van der Waals surface area contributed by atoms with Gasteiger partial charge in [0.25, 0.3) is 5.91 Å². The Morgan fingerprint density at radius 3 is 2.70 bits per heavy atom. The van der Waals surface area contributed by atoms with E-state index in [0.29, 0.717) is 12.3 Å². The van der Waals surface area contributed by atoms with E-state index < -0.39 is 0 Å². The second kappa shape index (κ2) is 6.87. The van der Waals surface area contributed by atoms with E-state index in [2.05, 4.69) is 10.3 Å². The lowest BCUT2D eigenvalue weighted by atomic mass is 10.1. The van der Waals surface area contributed by atoms with Crippen LogP contribution in [0.3, 0.4) is 0 Å². The van der Waals surface area contributed by atoms with E-state index >= 15 is 0 Å². The van der Waals surface area contributed by atoms with Crippen LogP contribution in [0.15, 0.2) is 60.8 Å². The molecule has 1 amide bonds. The molecular weight excluding hydrogens is 295 g/mol. The van der Waals surface area contributed by atoms with Crippen molar-refractivity contribution < 1.29 is 13.9 Å². The minimum atomic E-state index is -0.341. The molecular formula is C18H15FN2O2. The molecule has 0 aliphatic heterocycles. The van der Waals surface area contributed by atoms with Gasteiger partial charge < -0.3 is 10.1 Å². The number of rotatable bonds is 5. The largest absolute Gasteiger partial charge is 0.484 e. The molecule has 116 valence electrons. The average molecular weight is 310 g/mol. The van der Waals surface area contributed by atoms with Crippen LogP contribution in [0.5, 0.6) is 5.75 Å². The van der Waals surface area contributed by atoms with Crippen LogP contribution in [0.25, 0.3) is 10.9 Å². The summed E-state index contributed by atoms with van der Waals surface area (Å²) >= 11 is 0. The quantitative estimate of drug-likeness (QED) is 0.788. The zero-order valence-electron chi connectivity index (χ0n) is 12.3. The SMILES string of the molecule is O=C(COc1ccc(F)cc1)NCc1ccnc2ccccc12. The fourth-order valence-corrected chi connectivity index (χ4v) is 2.23. The Bertz CT molecular complexity index is 813. The first-order valence-corrected chi connectivity index (χ1v) is 7.20. The van der Waals surface area contributed by atoms with Crippen molar-refractivity contribution in [1.29, 1.82) is 0 Å². The molecule has 0 fully saturated rings. The Hall–Kier alpha value is -2.95. The van der Waals surface area contributed by atoms with Gasteiger partial charge in [-0.1, -0.05) is 18.2 Å². The highest BCUT2D eigenvalue weighted by Crippen LogP contribution is 2.16. The summed E-state index contributed by atoms with van der Waals surface area (Å²) in [5.41, 5.74) is 1.88. The number of fused-ring (bicyclic) bond motifs is 1. The van der Waals surface area contributed by atoms with Gasteiger partial charge in [-0.15, -0.1) is 0 Å². The van der Waals surface area contributed by atoms with Gasteiger partial charge in [0.1, 0.15) is 11.6 Å². The normalized spacial score (nSPS) is 10.5. The van der Waals surface area contributed by atoms with Crippen molar-refractivity contribution in [3.63, 3.8) is 0 Å². The number of nitrogens with one attached hydrogen (secondary N) is 1. The lowest BCUT2D eigenvalue weighted by Gasteiger charge is -2.09. The summed E-state index contributed by atoms with van der Waals surface area (Å²) in [5, 5.41) is 3.82. The number of para-hydroxylation sites is 1. The highest BCUT2D eigenvalue weighted by Gasteiger charge is 2.05. The lowest BCUT2D eigenvalue weighted by Crippen LogP contribution is -2.28. The van der Waals surface area contributed by atoms with Crippen molar-refractivity contribution in [2.45, 2.75) is 6.54 Å². The van der Waals surface area contributed by atoms with Crippen LogP contribution < -0.4 is 10.1 Å². The number of carbonyl (C=O) groups excluding carboxylic acids is 1. The molecule has 0 aliphatic rings. The standard InChI is InChI=1S/C18H15FN2O2/c19-14-5-7-15(8-6-14)23-12-18(22)21-11-13-9-10-20-17-4-2-1-3-16(13)17/h1-10H,11-12H2,(H,21,22). The second-order valence-electron chi connectivity index (χ2n) is 5.01. The summed E-state index contributed by atoms with van der Waals surface area (Å²) in [6.07, 6.45) is 1.72. The molecule has 3 aromatic rings. The van der Waals surface area contributed by atoms with Crippen LogP contribution >= 0.6 is 0 Å². The van der Waals surface area contributed by atoms with E-state index in [-0.39, 0.29) is 18.3 Å². The molecule has 1 aromatic heterocycles. The highest BCUT2D eigenvalue weighted by molar-refractivity contribution is 5.83. The highest BCUT2D eigenvalue weighted by atomic mass is 19.1. The van der Waals surface area contributed by atoms with Crippen LogP contribution in [-0.2, 0) is 11.3 Å². The topological polar surface area (TPSA) is 51.2 Å². The van der Waals surface area contributed by atoms with Crippen LogP contribution in [0, 0.1) is 5.82 Å². The Morgan fingerprint density at radius 2 is 1.87 bits per heavy atom. The van der Waals surface area contributed by atoms with E-state index in [1.807, 2.05) is 30.3 Å². The molecule has 0 aliphatic carbocycles. The molecule has 5 heteroatoms. The first-order chi connectivity index (χ1) is 11.2. The molecule has 0 saturated heterocycles. The average Bonchev–Trinajstić information content (AvgIpc) is 2.59. The van der Waals surface area contributed by atoms with Gasteiger partial charge in [0.2, 0.25) is 0 Å². The summed E-state index contributed by atoms with van der Waals surface area (Å²) in [6.45, 7) is 0.281. The molecule has 4 nitrogen and oxygen atoms in total. The Morgan fingerprint density at radius 1 is 1.09 bits per heavy atom. The van der Waals surface area contributed by atoms with Gasteiger partial charge in [-0.2, -0.15) is 0 Å². The van der Waals surface area contributed by atoms with Crippen LogP contribution in [-0.4, -0.2) is 17.5 Å². The maximum atomic E-state index is 12.8. The molecule has 0 unspecified atom stereocenters. The Kier molecular flexibility index (Phi) is 4.47. The van der Waals surface area contributed by atoms with Gasteiger partial charge in [-0.05, 0) is 42.0 Å². The van der Waals surface area contributed by atoms with Gasteiger partial charge >= 0.3 is 0 Å². The molecule has 0 saturated carbocycles. The monoisotopic (exact) mass is 310 g/mol. The molecule has 0 radical (unpaired) electrons. The molecule has 0 bridgehead atoms. The van der Waals surface area contributed by atoms with Crippen LogP contribution in [0.2, 0.25) is 0 Å².